The second-order valence-electron chi connectivity index (χ2n) is 5.33. The average molecular weight is 371 g/mol. The number of rotatable bonds is 5. The highest BCUT2D eigenvalue weighted by atomic mass is 35.5. The summed E-state index contributed by atoms with van der Waals surface area (Å²) in [6.45, 7) is 1.56. The lowest BCUT2D eigenvalue weighted by atomic mass is 10.2. The number of hydrogen-bond acceptors (Lipinski definition) is 5. The summed E-state index contributed by atoms with van der Waals surface area (Å²) >= 11 is 5.79. The van der Waals surface area contributed by atoms with Crippen LogP contribution in [0, 0.1) is 11.3 Å². The maximum atomic E-state index is 12.0. The molecule has 7 nitrogen and oxygen atoms in total. The van der Waals surface area contributed by atoms with Crippen LogP contribution in [-0.2, 0) is 4.79 Å². The average Bonchev–Trinajstić information content (AvgIpc) is 2.62. The Morgan fingerprint density at radius 2 is 2.00 bits per heavy atom. The van der Waals surface area contributed by atoms with Crippen molar-refractivity contribution in [2.45, 2.75) is 13.3 Å². The standard InChI is InChI=1S/C18H15ClN4O3/c1-11(8-17(25)21-15-5-3-2-4-12(15)10-20)22-23-18(26)14-9-13(19)6-7-16(14)24/h2-7,9,24H,8H2,1H3,(H,21,25)(H,23,26)/b22-11+. The number of anilines is 1. The molecule has 2 aromatic carbocycles. The minimum absolute atomic E-state index is 0.0264. The molecule has 2 aromatic rings. The summed E-state index contributed by atoms with van der Waals surface area (Å²) in [5.74, 6) is -1.26. The zero-order valence-electron chi connectivity index (χ0n) is 13.8. The van der Waals surface area contributed by atoms with Crippen molar-refractivity contribution < 1.29 is 14.7 Å². The molecular formula is C18H15ClN4O3. The minimum atomic E-state index is -0.653. The first-order valence-corrected chi connectivity index (χ1v) is 7.89. The quantitative estimate of drug-likeness (QED) is 0.554. The van der Waals surface area contributed by atoms with E-state index in [0.29, 0.717) is 22.0 Å². The number of amides is 2. The highest BCUT2D eigenvalue weighted by Crippen LogP contribution is 2.21. The molecule has 0 bridgehead atoms. The highest BCUT2D eigenvalue weighted by molar-refractivity contribution is 6.31. The number of phenolic OH excluding ortho intramolecular Hbond substituents is 1. The molecule has 0 aliphatic rings. The Morgan fingerprint density at radius 1 is 1.27 bits per heavy atom. The second kappa shape index (κ2) is 8.65. The van der Waals surface area contributed by atoms with Gasteiger partial charge in [-0.05, 0) is 37.3 Å². The molecule has 0 atom stereocenters. The monoisotopic (exact) mass is 370 g/mol. The van der Waals surface area contributed by atoms with Gasteiger partial charge in [0.15, 0.2) is 0 Å². The first-order chi connectivity index (χ1) is 12.4. The van der Waals surface area contributed by atoms with Crippen molar-refractivity contribution in [1.29, 1.82) is 5.26 Å². The van der Waals surface area contributed by atoms with Gasteiger partial charge in [-0.1, -0.05) is 23.7 Å². The van der Waals surface area contributed by atoms with Gasteiger partial charge in [-0.15, -0.1) is 0 Å². The molecule has 0 saturated carbocycles. The predicted octanol–water partition coefficient (Wildman–Crippen LogP) is 3.05. The second-order valence-corrected chi connectivity index (χ2v) is 5.77. The Labute approximate surface area is 154 Å². The lowest BCUT2D eigenvalue weighted by molar-refractivity contribution is -0.115. The Bertz CT molecular complexity index is 919. The van der Waals surface area contributed by atoms with Crippen LogP contribution < -0.4 is 10.7 Å². The number of carbonyl (C=O) groups excluding carboxylic acids is 2. The van der Waals surface area contributed by atoms with Gasteiger partial charge in [0.05, 0.1) is 23.2 Å². The third-order valence-electron chi connectivity index (χ3n) is 3.29. The van der Waals surface area contributed by atoms with Crippen LogP contribution >= 0.6 is 11.6 Å². The molecule has 0 saturated heterocycles. The van der Waals surface area contributed by atoms with E-state index < -0.39 is 5.91 Å². The first-order valence-electron chi connectivity index (χ1n) is 7.51. The van der Waals surface area contributed by atoms with E-state index in [-0.39, 0.29) is 23.6 Å². The third kappa shape index (κ3) is 5.06. The van der Waals surface area contributed by atoms with Gasteiger partial charge in [-0.25, -0.2) is 5.43 Å². The largest absolute Gasteiger partial charge is 0.507 e. The van der Waals surface area contributed by atoms with E-state index in [1.165, 1.54) is 18.2 Å². The molecular weight excluding hydrogens is 356 g/mol. The summed E-state index contributed by atoms with van der Waals surface area (Å²) in [5.41, 5.74) is 3.32. The van der Waals surface area contributed by atoms with Crippen LogP contribution in [0.4, 0.5) is 5.69 Å². The fourth-order valence-corrected chi connectivity index (χ4v) is 2.22. The van der Waals surface area contributed by atoms with Crippen molar-refractivity contribution >= 4 is 34.8 Å². The van der Waals surface area contributed by atoms with Gasteiger partial charge in [0.1, 0.15) is 11.8 Å². The van der Waals surface area contributed by atoms with E-state index in [4.69, 9.17) is 16.9 Å². The predicted molar refractivity (Wildman–Crippen MR) is 98.1 cm³/mol. The Morgan fingerprint density at radius 3 is 2.73 bits per heavy atom. The maximum Gasteiger partial charge on any atom is 0.275 e. The number of hydrogen-bond donors (Lipinski definition) is 3. The molecule has 2 rings (SSSR count). The number of aromatic hydroxyl groups is 1. The van der Waals surface area contributed by atoms with Gasteiger partial charge >= 0.3 is 0 Å². The molecule has 0 aliphatic heterocycles. The van der Waals surface area contributed by atoms with Crippen molar-refractivity contribution in [2.24, 2.45) is 5.10 Å². The third-order valence-corrected chi connectivity index (χ3v) is 3.52. The van der Waals surface area contributed by atoms with E-state index in [1.807, 2.05) is 6.07 Å². The highest BCUT2D eigenvalue weighted by Gasteiger charge is 2.12. The van der Waals surface area contributed by atoms with E-state index in [9.17, 15) is 14.7 Å². The summed E-state index contributed by atoms with van der Waals surface area (Å²) in [7, 11) is 0. The van der Waals surface area contributed by atoms with E-state index in [1.54, 1.807) is 31.2 Å². The van der Waals surface area contributed by atoms with Crippen molar-refractivity contribution in [2.75, 3.05) is 5.32 Å². The van der Waals surface area contributed by atoms with Crippen LogP contribution in [0.5, 0.6) is 5.75 Å². The van der Waals surface area contributed by atoms with Gasteiger partial charge in [-0.2, -0.15) is 10.4 Å². The fourth-order valence-electron chi connectivity index (χ4n) is 2.05. The smallest absolute Gasteiger partial charge is 0.275 e. The molecule has 0 radical (unpaired) electrons. The minimum Gasteiger partial charge on any atom is -0.507 e. The van der Waals surface area contributed by atoms with Crippen LogP contribution in [0.3, 0.4) is 0 Å². The van der Waals surface area contributed by atoms with Crippen LogP contribution in [0.25, 0.3) is 0 Å². The summed E-state index contributed by atoms with van der Waals surface area (Å²) in [4.78, 5) is 24.0. The maximum absolute atomic E-state index is 12.0. The number of para-hydroxylation sites is 1. The number of phenols is 1. The topological polar surface area (TPSA) is 115 Å². The Balaban J connectivity index is 1.97. The fraction of sp³-hybridized carbons (Fsp3) is 0.111. The summed E-state index contributed by atoms with van der Waals surface area (Å²) in [5, 5.41) is 25.4. The molecule has 2 amide bonds. The number of nitrogens with zero attached hydrogens (tertiary/aromatic N) is 2. The van der Waals surface area contributed by atoms with E-state index >= 15 is 0 Å². The van der Waals surface area contributed by atoms with Crippen LogP contribution in [0.2, 0.25) is 5.02 Å². The van der Waals surface area contributed by atoms with Crippen molar-refractivity contribution in [3.8, 4) is 11.8 Å². The summed E-state index contributed by atoms with van der Waals surface area (Å²) < 4.78 is 0. The SMILES string of the molecule is C/C(CC(=O)Nc1ccccc1C#N)=N\NC(=O)c1cc(Cl)ccc1O. The molecule has 0 heterocycles. The van der Waals surface area contributed by atoms with Crippen LogP contribution in [0.1, 0.15) is 29.3 Å². The lowest BCUT2D eigenvalue weighted by Crippen LogP contribution is -2.21. The van der Waals surface area contributed by atoms with Crippen molar-refractivity contribution in [3.05, 3.63) is 58.6 Å². The van der Waals surface area contributed by atoms with E-state index in [2.05, 4.69) is 15.8 Å². The van der Waals surface area contributed by atoms with E-state index in [0.717, 1.165) is 0 Å². The number of nitriles is 1. The van der Waals surface area contributed by atoms with Gasteiger partial charge in [0.2, 0.25) is 5.91 Å². The molecule has 26 heavy (non-hydrogen) atoms. The van der Waals surface area contributed by atoms with Crippen molar-refractivity contribution in [3.63, 3.8) is 0 Å². The summed E-state index contributed by atoms with van der Waals surface area (Å²) in [6.07, 6.45) is -0.0818. The molecule has 8 heteroatoms. The molecule has 0 spiro atoms. The molecule has 0 fully saturated rings. The zero-order valence-corrected chi connectivity index (χ0v) is 14.5. The molecule has 132 valence electrons. The molecule has 0 aromatic heterocycles. The lowest BCUT2D eigenvalue weighted by Gasteiger charge is -2.07. The van der Waals surface area contributed by atoms with Gasteiger partial charge in [-0.3, -0.25) is 9.59 Å². The number of halogens is 1. The van der Waals surface area contributed by atoms with Gasteiger partial charge in [0.25, 0.3) is 5.91 Å². The Kier molecular flexibility index (Phi) is 6.31. The first kappa shape index (κ1) is 19.0. The molecule has 0 unspecified atom stereocenters. The zero-order chi connectivity index (χ0) is 19.1. The number of nitrogens with one attached hydrogen (secondary N) is 2. The van der Waals surface area contributed by atoms with Gasteiger partial charge < -0.3 is 10.4 Å². The normalized spacial score (nSPS) is 10.7. The number of carbonyl (C=O) groups is 2. The number of benzene rings is 2. The van der Waals surface area contributed by atoms with Gasteiger partial charge in [0, 0.05) is 10.7 Å². The van der Waals surface area contributed by atoms with Crippen LogP contribution in [0.15, 0.2) is 47.6 Å². The molecule has 0 aliphatic carbocycles. The summed E-state index contributed by atoms with van der Waals surface area (Å²) in [6, 6.07) is 12.7. The van der Waals surface area contributed by atoms with Crippen LogP contribution in [-0.4, -0.2) is 22.6 Å². The number of hydrazone groups is 1. The Hall–Kier alpha value is -3.37. The molecule has 3 N–H and O–H groups in total. The van der Waals surface area contributed by atoms with Crippen molar-refractivity contribution in [1.82, 2.24) is 5.43 Å².